The van der Waals surface area contributed by atoms with Gasteiger partial charge < -0.3 is 10.2 Å². The van der Waals surface area contributed by atoms with Crippen LogP contribution in [0.4, 0.5) is 0 Å². The summed E-state index contributed by atoms with van der Waals surface area (Å²) >= 11 is 0. The van der Waals surface area contributed by atoms with Crippen molar-refractivity contribution in [2.24, 2.45) is 10.8 Å². The molecule has 2 fully saturated rings. The number of hydrogen-bond donors (Lipinski definition) is 1. The second-order valence-electron chi connectivity index (χ2n) is 8.19. The van der Waals surface area contributed by atoms with Crippen LogP contribution in [0, 0.1) is 10.8 Å². The molecule has 136 valence electrons. The summed E-state index contributed by atoms with van der Waals surface area (Å²) in [6.45, 7) is 7.78. The lowest BCUT2D eigenvalue weighted by Crippen LogP contribution is -2.62. The van der Waals surface area contributed by atoms with Crippen molar-refractivity contribution < 1.29 is 9.59 Å². The number of ketones is 1. The van der Waals surface area contributed by atoms with E-state index in [9.17, 15) is 9.59 Å². The lowest BCUT2D eigenvalue weighted by atomic mass is 9.60. The maximum absolute atomic E-state index is 13.1. The Kier molecular flexibility index (Phi) is 5.01. The molecule has 2 aliphatic rings. The summed E-state index contributed by atoms with van der Waals surface area (Å²) in [5.74, 6) is 0.158. The van der Waals surface area contributed by atoms with Crippen LogP contribution in [0.3, 0.4) is 0 Å². The van der Waals surface area contributed by atoms with E-state index in [4.69, 9.17) is 0 Å². The standard InChI is InChI=1S/C21H30N2O2/c1-4-23-15-21(18(24)20(2,3)19(23)25)12-10-17(11-13-21)22-14-16-8-6-5-7-9-16/h5-9,17,22H,4,10-15H2,1-3H3. The largest absolute Gasteiger partial charge is 0.341 e. The minimum Gasteiger partial charge on any atom is -0.341 e. The first-order chi connectivity index (χ1) is 11.9. The zero-order chi connectivity index (χ0) is 18.1. The fourth-order valence-electron chi connectivity index (χ4n) is 4.54. The van der Waals surface area contributed by atoms with Gasteiger partial charge in [0, 0.05) is 31.1 Å². The van der Waals surface area contributed by atoms with Crippen LogP contribution >= 0.6 is 0 Å². The maximum Gasteiger partial charge on any atom is 0.235 e. The van der Waals surface area contributed by atoms with E-state index in [1.54, 1.807) is 13.8 Å². The first kappa shape index (κ1) is 18.1. The molecule has 0 aromatic heterocycles. The highest BCUT2D eigenvalue weighted by molar-refractivity contribution is 6.10. The molecular formula is C21H30N2O2. The lowest BCUT2D eigenvalue weighted by Gasteiger charge is -2.50. The van der Waals surface area contributed by atoms with Gasteiger partial charge in [0.25, 0.3) is 0 Å². The Morgan fingerprint density at radius 1 is 1.12 bits per heavy atom. The van der Waals surface area contributed by atoms with E-state index < -0.39 is 5.41 Å². The number of likely N-dealkylation sites (tertiary alicyclic amines) is 1. The fraction of sp³-hybridized carbons (Fsp3) is 0.619. The van der Waals surface area contributed by atoms with Gasteiger partial charge in [0.15, 0.2) is 5.78 Å². The van der Waals surface area contributed by atoms with Crippen molar-refractivity contribution in [3.63, 3.8) is 0 Å². The van der Waals surface area contributed by atoms with Gasteiger partial charge in [0.1, 0.15) is 5.41 Å². The Morgan fingerprint density at radius 3 is 2.36 bits per heavy atom. The number of piperidine rings is 1. The van der Waals surface area contributed by atoms with E-state index in [-0.39, 0.29) is 17.1 Å². The van der Waals surface area contributed by atoms with Crippen LogP contribution in [-0.4, -0.2) is 35.7 Å². The van der Waals surface area contributed by atoms with Crippen LogP contribution in [0.2, 0.25) is 0 Å². The molecule has 1 spiro atoms. The molecule has 4 heteroatoms. The number of amides is 1. The number of carbonyl (C=O) groups is 2. The highest BCUT2D eigenvalue weighted by Gasteiger charge is 2.56. The summed E-state index contributed by atoms with van der Waals surface area (Å²) < 4.78 is 0. The molecule has 1 heterocycles. The van der Waals surface area contributed by atoms with E-state index in [0.717, 1.165) is 32.2 Å². The molecule has 0 unspecified atom stereocenters. The molecule has 25 heavy (non-hydrogen) atoms. The monoisotopic (exact) mass is 342 g/mol. The van der Waals surface area contributed by atoms with E-state index in [2.05, 4.69) is 29.6 Å². The van der Waals surface area contributed by atoms with Crippen LogP contribution in [0.25, 0.3) is 0 Å². The fourth-order valence-corrected chi connectivity index (χ4v) is 4.54. The van der Waals surface area contributed by atoms with Gasteiger partial charge in [-0.3, -0.25) is 9.59 Å². The van der Waals surface area contributed by atoms with Gasteiger partial charge in [-0.25, -0.2) is 0 Å². The number of benzene rings is 1. The van der Waals surface area contributed by atoms with Crippen LogP contribution in [0.1, 0.15) is 52.0 Å². The first-order valence-electron chi connectivity index (χ1n) is 9.51. The van der Waals surface area contributed by atoms with Gasteiger partial charge >= 0.3 is 0 Å². The highest BCUT2D eigenvalue weighted by atomic mass is 16.2. The predicted octanol–water partition coefficient (Wildman–Crippen LogP) is 3.16. The predicted molar refractivity (Wildman–Crippen MR) is 99.0 cm³/mol. The Morgan fingerprint density at radius 2 is 1.76 bits per heavy atom. The highest BCUT2D eigenvalue weighted by Crippen LogP contribution is 2.46. The summed E-state index contributed by atoms with van der Waals surface area (Å²) in [5, 5.41) is 3.64. The van der Waals surface area contributed by atoms with E-state index >= 15 is 0 Å². The summed E-state index contributed by atoms with van der Waals surface area (Å²) in [7, 11) is 0. The maximum atomic E-state index is 13.1. The lowest BCUT2D eigenvalue weighted by molar-refractivity contribution is -0.164. The van der Waals surface area contributed by atoms with Crippen LogP contribution in [0.15, 0.2) is 30.3 Å². The average Bonchev–Trinajstić information content (AvgIpc) is 2.64. The van der Waals surface area contributed by atoms with Crippen molar-refractivity contribution in [2.45, 2.75) is 59.0 Å². The van der Waals surface area contributed by atoms with Crippen LogP contribution < -0.4 is 5.32 Å². The number of hydrogen-bond acceptors (Lipinski definition) is 3. The number of carbonyl (C=O) groups excluding carboxylic acids is 2. The van der Waals surface area contributed by atoms with Gasteiger partial charge in [-0.05, 0) is 52.0 Å². The second kappa shape index (κ2) is 6.91. The quantitative estimate of drug-likeness (QED) is 0.855. The van der Waals surface area contributed by atoms with Gasteiger partial charge in [-0.2, -0.15) is 0 Å². The van der Waals surface area contributed by atoms with Gasteiger partial charge in [-0.15, -0.1) is 0 Å². The molecule has 0 atom stereocenters. The summed E-state index contributed by atoms with van der Waals surface area (Å²) in [5.41, 5.74) is 0.0807. The zero-order valence-corrected chi connectivity index (χ0v) is 15.7. The molecule has 1 saturated heterocycles. The third kappa shape index (κ3) is 3.37. The number of nitrogens with zero attached hydrogens (tertiary/aromatic N) is 1. The molecule has 0 radical (unpaired) electrons. The molecule has 4 nitrogen and oxygen atoms in total. The molecule has 1 aliphatic carbocycles. The van der Waals surface area contributed by atoms with Crippen molar-refractivity contribution in [1.82, 2.24) is 10.2 Å². The molecule has 1 saturated carbocycles. The third-order valence-electron chi connectivity index (χ3n) is 6.13. The van der Waals surface area contributed by atoms with Crippen molar-refractivity contribution >= 4 is 11.7 Å². The summed E-state index contributed by atoms with van der Waals surface area (Å²) in [4.78, 5) is 27.5. The molecule has 3 rings (SSSR count). The molecule has 1 aromatic carbocycles. The normalized spacial score (nSPS) is 29.2. The Bertz CT molecular complexity index is 631. The molecule has 1 amide bonds. The third-order valence-corrected chi connectivity index (χ3v) is 6.13. The van der Waals surface area contributed by atoms with Crippen molar-refractivity contribution in [2.75, 3.05) is 13.1 Å². The zero-order valence-electron chi connectivity index (χ0n) is 15.7. The smallest absolute Gasteiger partial charge is 0.235 e. The van der Waals surface area contributed by atoms with Crippen molar-refractivity contribution in [1.29, 1.82) is 0 Å². The topological polar surface area (TPSA) is 49.4 Å². The SMILES string of the molecule is CCN1CC2(CCC(NCc3ccccc3)CC2)C(=O)C(C)(C)C1=O. The minimum atomic E-state index is -0.876. The number of rotatable bonds is 4. The number of nitrogens with one attached hydrogen (secondary N) is 1. The van der Waals surface area contributed by atoms with Gasteiger partial charge in [0.2, 0.25) is 5.91 Å². The van der Waals surface area contributed by atoms with E-state index in [0.29, 0.717) is 19.1 Å². The average molecular weight is 342 g/mol. The Labute approximate surface area is 151 Å². The van der Waals surface area contributed by atoms with Crippen LogP contribution in [0.5, 0.6) is 0 Å². The summed E-state index contributed by atoms with van der Waals surface area (Å²) in [6.07, 6.45) is 3.76. The van der Waals surface area contributed by atoms with E-state index in [1.165, 1.54) is 5.56 Å². The Hall–Kier alpha value is -1.68. The Balaban J connectivity index is 1.63. The van der Waals surface area contributed by atoms with Gasteiger partial charge in [0.05, 0.1) is 0 Å². The molecule has 0 bridgehead atoms. The molecule has 1 aromatic rings. The second-order valence-corrected chi connectivity index (χ2v) is 8.19. The number of Topliss-reactive ketones (excluding diaryl/α,β-unsaturated/α-hetero) is 1. The van der Waals surface area contributed by atoms with Crippen molar-refractivity contribution in [3.8, 4) is 0 Å². The van der Waals surface area contributed by atoms with Crippen molar-refractivity contribution in [3.05, 3.63) is 35.9 Å². The minimum absolute atomic E-state index is 0.00467. The first-order valence-corrected chi connectivity index (χ1v) is 9.51. The van der Waals surface area contributed by atoms with Gasteiger partial charge in [-0.1, -0.05) is 30.3 Å². The van der Waals surface area contributed by atoms with E-state index in [1.807, 2.05) is 17.9 Å². The summed E-state index contributed by atoms with van der Waals surface area (Å²) in [6, 6.07) is 10.9. The molecule has 1 N–H and O–H groups in total. The molecular weight excluding hydrogens is 312 g/mol. The molecule has 1 aliphatic heterocycles. The van der Waals surface area contributed by atoms with Crippen LogP contribution in [-0.2, 0) is 16.1 Å².